The first-order chi connectivity index (χ1) is 14.5. The van der Waals surface area contributed by atoms with Crippen molar-refractivity contribution in [3.05, 3.63) is 60.0 Å². The standard InChI is InChI=1S/C21H18F2N4O3/c1-12-19-15(20(22)23)10-16(17-4-3-9-30-17)25-21(19)27(26-12)11-18(28)24-13-5-7-14(29-2)8-6-13/h3-10,20H,11H2,1-2H3,(H,24,28). The number of rotatable bonds is 6. The zero-order valence-electron chi connectivity index (χ0n) is 16.2. The lowest BCUT2D eigenvalue weighted by Gasteiger charge is -2.08. The highest BCUT2D eigenvalue weighted by Crippen LogP contribution is 2.33. The van der Waals surface area contributed by atoms with E-state index in [1.807, 2.05) is 0 Å². The number of anilines is 1. The van der Waals surface area contributed by atoms with Crippen LogP contribution in [0.3, 0.4) is 0 Å². The Kier molecular flexibility index (Phi) is 5.18. The second-order valence-electron chi connectivity index (χ2n) is 6.59. The minimum Gasteiger partial charge on any atom is -0.497 e. The fourth-order valence-corrected chi connectivity index (χ4v) is 3.23. The molecule has 0 unspecified atom stereocenters. The molecular weight excluding hydrogens is 394 g/mol. The van der Waals surface area contributed by atoms with Gasteiger partial charge in [-0.15, -0.1) is 0 Å². The highest BCUT2D eigenvalue weighted by Gasteiger charge is 2.22. The molecule has 1 aromatic carbocycles. The van der Waals surface area contributed by atoms with E-state index >= 15 is 0 Å². The fourth-order valence-electron chi connectivity index (χ4n) is 3.23. The lowest BCUT2D eigenvalue weighted by atomic mass is 10.1. The van der Waals surface area contributed by atoms with E-state index < -0.39 is 6.43 Å². The molecular formula is C21H18F2N4O3. The second-order valence-corrected chi connectivity index (χ2v) is 6.59. The number of ether oxygens (including phenoxy) is 1. The van der Waals surface area contributed by atoms with E-state index in [2.05, 4.69) is 15.4 Å². The monoisotopic (exact) mass is 412 g/mol. The average Bonchev–Trinajstić information content (AvgIpc) is 3.37. The number of fused-ring (bicyclic) bond motifs is 1. The van der Waals surface area contributed by atoms with Crippen LogP contribution in [0.4, 0.5) is 14.5 Å². The summed E-state index contributed by atoms with van der Waals surface area (Å²) in [7, 11) is 1.55. The molecule has 0 saturated heterocycles. The van der Waals surface area contributed by atoms with Crippen molar-refractivity contribution < 1.29 is 22.7 Å². The molecule has 3 aromatic heterocycles. The summed E-state index contributed by atoms with van der Waals surface area (Å²) in [6, 6.07) is 11.4. The number of pyridine rings is 1. The highest BCUT2D eigenvalue weighted by atomic mass is 19.3. The van der Waals surface area contributed by atoms with Crippen molar-refractivity contribution in [3.8, 4) is 17.2 Å². The molecule has 1 amide bonds. The molecule has 30 heavy (non-hydrogen) atoms. The van der Waals surface area contributed by atoms with Crippen LogP contribution in [0.25, 0.3) is 22.5 Å². The number of hydrogen-bond acceptors (Lipinski definition) is 5. The third-order valence-corrected chi connectivity index (χ3v) is 4.58. The number of benzene rings is 1. The van der Waals surface area contributed by atoms with Crippen molar-refractivity contribution in [2.24, 2.45) is 0 Å². The van der Waals surface area contributed by atoms with Crippen LogP contribution in [0.15, 0.2) is 53.1 Å². The van der Waals surface area contributed by atoms with E-state index in [-0.39, 0.29) is 34.7 Å². The summed E-state index contributed by atoms with van der Waals surface area (Å²) in [5, 5.41) is 7.25. The minimum absolute atomic E-state index is 0.187. The predicted molar refractivity (Wildman–Crippen MR) is 107 cm³/mol. The lowest BCUT2D eigenvalue weighted by Crippen LogP contribution is -2.19. The van der Waals surface area contributed by atoms with Crippen LogP contribution >= 0.6 is 0 Å². The van der Waals surface area contributed by atoms with Crippen molar-refractivity contribution in [3.63, 3.8) is 0 Å². The number of aromatic nitrogens is 3. The third-order valence-electron chi connectivity index (χ3n) is 4.58. The topological polar surface area (TPSA) is 82.2 Å². The Labute approximate surface area is 170 Å². The zero-order chi connectivity index (χ0) is 21.3. The number of nitrogens with zero attached hydrogens (tertiary/aromatic N) is 3. The van der Waals surface area contributed by atoms with Gasteiger partial charge in [0.25, 0.3) is 6.43 Å². The van der Waals surface area contributed by atoms with Crippen molar-refractivity contribution >= 4 is 22.6 Å². The van der Waals surface area contributed by atoms with Crippen LogP contribution < -0.4 is 10.1 Å². The number of carbonyl (C=O) groups excluding carboxylic acids is 1. The molecule has 0 aliphatic heterocycles. The number of alkyl halides is 2. The highest BCUT2D eigenvalue weighted by molar-refractivity contribution is 5.92. The molecule has 7 nitrogen and oxygen atoms in total. The maximum atomic E-state index is 13.7. The molecule has 3 heterocycles. The van der Waals surface area contributed by atoms with Gasteiger partial charge in [0, 0.05) is 11.3 Å². The van der Waals surface area contributed by atoms with E-state index in [1.54, 1.807) is 50.4 Å². The van der Waals surface area contributed by atoms with Crippen LogP contribution in [0.2, 0.25) is 0 Å². The quantitative estimate of drug-likeness (QED) is 0.501. The first-order valence-corrected chi connectivity index (χ1v) is 9.10. The van der Waals surface area contributed by atoms with Crippen LogP contribution in [-0.4, -0.2) is 27.8 Å². The fraction of sp³-hybridized carbons (Fsp3) is 0.190. The largest absolute Gasteiger partial charge is 0.497 e. The Morgan fingerprint density at radius 1 is 1.27 bits per heavy atom. The number of methoxy groups -OCH3 is 1. The van der Waals surface area contributed by atoms with Gasteiger partial charge >= 0.3 is 0 Å². The molecule has 0 bridgehead atoms. The van der Waals surface area contributed by atoms with Crippen LogP contribution in [0.1, 0.15) is 17.7 Å². The molecule has 0 radical (unpaired) electrons. The summed E-state index contributed by atoms with van der Waals surface area (Å²) in [6.07, 6.45) is -1.29. The van der Waals surface area contributed by atoms with Crippen molar-refractivity contribution in [2.45, 2.75) is 19.9 Å². The van der Waals surface area contributed by atoms with Crippen molar-refractivity contribution in [1.29, 1.82) is 0 Å². The first-order valence-electron chi connectivity index (χ1n) is 9.10. The van der Waals surface area contributed by atoms with Gasteiger partial charge in [-0.1, -0.05) is 0 Å². The Morgan fingerprint density at radius 2 is 2.03 bits per heavy atom. The van der Waals surface area contributed by atoms with E-state index in [4.69, 9.17) is 9.15 Å². The SMILES string of the molecule is COc1ccc(NC(=O)Cn2nc(C)c3c(C(F)F)cc(-c4ccco4)nc32)cc1. The average molecular weight is 412 g/mol. The molecule has 154 valence electrons. The third kappa shape index (κ3) is 3.73. The molecule has 0 aliphatic rings. The van der Waals surface area contributed by atoms with Gasteiger partial charge in [-0.2, -0.15) is 5.10 Å². The number of furan rings is 1. The van der Waals surface area contributed by atoms with E-state index in [9.17, 15) is 13.6 Å². The molecule has 0 aliphatic carbocycles. The normalized spacial score (nSPS) is 11.2. The summed E-state index contributed by atoms with van der Waals surface area (Å²) in [5.74, 6) is 0.649. The number of aryl methyl sites for hydroxylation is 1. The number of nitrogens with one attached hydrogen (secondary N) is 1. The molecule has 0 fully saturated rings. The summed E-state index contributed by atoms with van der Waals surface area (Å²) < 4.78 is 39.2. The van der Waals surface area contributed by atoms with Gasteiger partial charge in [-0.3, -0.25) is 4.79 Å². The Hall–Kier alpha value is -3.75. The van der Waals surface area contributed by atoms with Gasteiger partial charge in [-0.25, -0.2) is 18.4 Å². The molecule has 1 N–H and O–H groups in total. The number of amides is 1. The van der Waals surface area contributed by atoms with E-state index in [1.165, 1.54) is 17.0 Å². The predicted octanol–water partition coefficient (Wildman–Crippen LogP) is 4.58. The molecule has 4 aromatic rings. The maximum Gasteiger partial charge on any atom is 0.264 e. The Balaban J connectivity index is 1.69. The van der Waals surface area contributed by atoms with Gasteiger partial charge < -0.3 is 14.5 Å². The smallest absolute Gasteiger partial charge is 0.264 e. The molecule has 0 spiro atoms. The molecule has 0 saturated carbocycles. The molecule has 0 atom stereocenters. The Morgan fingerprint density at radius 3 is 2.67 bits per heavy atom. The van der Waals surface area contributed by atoms with Crippen LogP contribution in [0.5, 0.6) is 5.75 Å². The summed E-state index contributed by atoms with van der Waals surface area (Å²) >= 11 is 0. The number of hydrogen-bond donors (Lipinski definition) is 1. The molecule has 9 heteroatoms. The van der Waals surface area contributed by atoms with Crippen LogP contribution in [0, 0.1) is 6.92 Å². The number of halogens is 2. The van der Waals surface area contributed by atoms with E-state index in [0.29, 0.717) is 22.9 Å². The van der Waals surface area contributed by atoms with Gasteiger partial charge in [0.15, 0.2) is 11.4 Å². The second kappa shape index (κ2) is 7.94. The van der Waals surface area contributed by atoms with Crippen molar-refractivity contribution in [1.82, 2.24) is 14.8 Å². The molecule has 4 rings (SSSR count). The van der Waals surface area contributed by atoms with Gasteiger partial charge in [-0.05, 0) is 49.4 Å². The lowest BCUT2D eigenvalue weighted by molar-refractivity contribution is -0.116. The van der Waals surface area contributed by atoms with Crippen LogP contribution in [-0.2, 0) is 11.3 Å². The van der Waals surface area contributed by atoms with Crippen molar-refractivity contribution in [2.75, 3.05) is 12.4 Å². The summed E-state index contributed by atoms with van der Waals surface area (Å²) in [5.41, 5.74) is 1.19. The summed E-state index contributed by atoms with van der Waals surface area (Å²) in [4.78, 5) is 17.0. The van der Waals surface area contributed by atoms with Gasteiger partial charge in [0.2, 0.25) is 5.91 Å². The minimum atomic E-state index is -2.73. The Bertz CT molecular complexity index is 1190. The first kappa shape index (κ1) is 19.6. The maximum absolute atomic E-state index is 13.7. The van der Waals surface area contributed by atoms with E-state index in [0.717, 1.165) is 0 Å². The van der Waals surface area contributed by atoms with Gasteiger partial charge in [0.1, 0.15) is 18.0 Å². The summed E-state index contributed by atoms with van der Waals surface area (Å²) in [6.45, 7) is 1.42. The number of carbonyl (C=O) groups is 1. The zero-order valence-corrected chi connectivity index (χ0v) is 16.2. The van der Waals surface area contributed by atoms with Gasteiger partial charge in [0.05, 0.1) is 24.5 Å².